The number of allylic oxidation sites excluding steroid dienone is 2. The van der Waals surface area contributed by atoms with Crippen LogP contribution < -0.4 is 0 Å². The van der Waals surface area contributed by atoms with E-state index in [1.165, 1.54) is 5.57 Å². The van der Waals surface area contributed by atoms with Crippen molar-refractivity contribution < 1.29 is 74.8 Å². The summed E-state index contributed by atoms with van der Waals surface area (Å²) in [5.74, 6) is -4.01. The van der Waals surface area contributed by atoms with Crippen LogP contribution in [-0.2, 0) is 23.7 Å². The molecule has 0 aromatic heterocycles. The summed E-state index contributed by atoms with van der Waals surface area (Å²) < 4.78 is 22.5. The van der Waals surface area contributed by atoms with Crippen molar-refractivity contribution in [3.8, 4) is 0 Å². The summed E-state index contributed by atoms with van der Waals surface area (Å²) in [4.78, 5) is 13.4. The van der Waals surface area contributed by atoms with Gasteiger partial charge in [0, 0.05) is 5.41 Å². The Morgan fingerprint density at radius 3 is 2.14 bits per heavy atom. The van der Waals surface area contributed by atoms with Gasteiger partial charge in [0.25, 0.3) is 0 Å². The molecule has 15 heteroatoms. The first-order valence-electron chi connectivity index (χ1n) is 21.0. The lowest BCUT2D eigenvalue weighted by Crippen LogP contribution is -2.70. The highest BCUT2D eigenvalue weighted by Gasteiger charge is 2.71. The zero-order chi connectivity index (χ0) is 42.1. The van der Waals surface area contributed by atoms with Gasteiger partial charge >= 0.3 is 11.9 Å². The minimum Gasteiger partial charge on any atom is -0.449 e. The molecule has 0 spiro atoms. The Kier molecular flexibility index (Phi) is 11.0. The Balaban J connectivity index is 1.16. The molecule has 5 aliphatic carbocycles. The standard InChI is InChI=1S/C42H68O15/c1-36(2)14-15-41(19-44)21(16-36)20-8-9-24-38(5)12-11-26(37(3,4)23(38)10-13-39(24,6)40(20,7)17-25(41)45)57-42(53)33(30(49)27(46)22(18-43)56-42)55-35(52)32-29(48)28(47)31(50)34(51)54-32/h8,21-34,43-51,53H,9-19H2,1-7H3/t21-,22-,23?,24?,25+,26?,27-,28+,29+,30+,31-,32+,33-,34-,38+,39-,40-,41-,42+/m1/s1. The van der Waals surface area contributed by atoms with Gasteiger partial charge in [-0.25, -0.2) is 4.79 Å². The van der Waals surface area contributed by atoms with Crippen LogP contribution in [0.15, 0.2) is 11.6 Å². The van der Waals surface area contributed by atoms with Gasteiger partial charge < -0.3 is 70.0 Å². The maximum atomic E-state index is 13.4. The first kappa shape index (κ1) is 43.8. The van der Waals surface area contributed by atoms with Gasteiger partial charge in [-0.05, 0) is 103 Å². The van der Waals surface area contributed by atoms with Crippen molar-refractivity contribution in [2.45, 2.75) is 180 Å². The fourth-order valence-electron chi connectivity index (χ4n) is 13.7. The smallest absolute Gasteiger partial charge is 0.338 e. The van der Waals surface area contributed by atoms with Crippen LogP contribution in [0.25, 0.3) is 0 Å². The number of carbonyl (C=O) groups excluding carboxylic acids is 1. The topological polar surface area (TPSA) is 256 Å². The summed E-state index contributed by atoms with van der Waals surface area (Å²) in [6.45, 7) is 14.9. The summed E-state index contributed by atoms with van der Waals surface area (Å²) in [7, 11) is 0. The fourth-order valence-corrected chi connectivity index (χ4v) is 13.7. The maximum absolute atomic E-state index is 13.4. The molecule has 0 bridgehead atoms. The molecular weight excluding hydrogens is 744 g/mol. The van der Waals surface area contributed by atoms with E-state index in [-0.39, 0.29) is 46.0 Å². The largest absolute Gasteiger partial charge is 0.449 e. The molecule has 3 unspecified atom stereocenters. The van der Waals surface area contributed by atoms with Gasteiger partial charge in [-0.3, -0.25) is 0 Å². The van der Waals surface area contributed by atoms with Crippen LogP contribution in [0.2, 0.25) is 0 Å². The number of hydrogen-bond donors (Lipinski definition) is 10. The number of hydrogen-bond acceptors (Lipinski definition) is 15. The Hall–Kier alpha value is -1.31. The van der Waals surface area contributed by atoms with Crippen LogP contribution in [0.4, 0.5) is 0 Å². The normalized spacial score (nSPS) is 54.3. The molecule has 19 atom stereocenters. The third kappa shape index (κ3) is 6.35. The van der Waals surface area contributed by atoms with Gasteiger partial charge in [-0.2, -0.15) is 0 Å². The van der Waals surface area contributed by atoms with Crippen LogP contribution in [0.1, 0.15) is 106 Å². The van der Waals surface area contributed by atoms with E-state index >= 15 is 0 Å². The molecule has 7 rings (SSSR count). The summed E-state index contributed by atoms with van der Waals surface area (Å²) in [5, 5.41) is 108. The second-order valence-electron chi connectivity index (χ2n) is 21.0. The van der Waals surface area contributed by atoms with E-state index in [2.05, 4.69) is 54.5 Å². The van der Waals surface area contributed by atoms with Gasteiger partial charge in [-0.1, -0.05) is 60.1 Å². The van der Waals surface area contributed by atoms with Crippen molar-refractivity contribution in [2.24, 2.45) is 50.2 Å². The van der Waals surface area contributed by atoms with Crippen molar-refractivity contribution in [3.05, 3.63) is 11.6 Å². The van der Waals surface area contributed by atoms with Crippen LogP contribution in [0.5, 0.6) is 0 Å². The molecular formula is C42H68O15. The molecule has 2 saturated heterocycles. The molecule has 2 heterocycles. The minimum absolute atomic E-state index is 0.0320. The lowest BCUT2D eigenvalue weighted by Gasteiger charge is -2.72. The zero-order valence-electron chi connectivity index (χ0n) is 34.5. The number of carbonyl (C=O) groups is 1. The van der Waals surface area contributed by atoms with Crippen LogP contribution in [0, 0.1) is 50.2 Å². The van der Waals surface area contributed by atoms with Crippen molar-refractivity contribution in [1.29, 1.82) is 0 Å². The number of aliphatic hydroxyl groups excluding tert-OH is 9. The molecule has 6 fully saturated rings. The number of fused-ring (bicyclic) bond motifs is 7. The van der Waals surface area contributed by atoms with Crippen molar-refractivity contribution in [3.63, 3.8) is 0 Å². The monoisotopic (exact) mass is 812 g/mol. The fraction of sp³-hybridized carbons (Fsp3) is 0.929. The van der Waals surface area contributed by atoms with E-state index in [9.17, 15) is 55.9 Å². The highest BCUT2D eigenvalue weighted by atomic mass is 16.8. The van der Waals surface area contributed by atoms with Gasteiger partial charge in [-0.15, -0.1) is 0 Å². The SMILES string of the molecule is CC1(C)CC[C@@]2(CO)[C@H](C1)C1=CCC3[C@@]4(C)CCC(O[C@@]5(O)O[C@H](CO)[C@@H](O)[C@H](O)[C@H]5OC(=O)[C@H]5O[C@@H](O)[C@H](O)[C@@H](O)[C@@H]5O)C(C)(C)C4CC[C@@]3(C)[C@]1(C)C[C@@H]2O. The molecule has 0 aromatic rings. The second-order valence-corrected chi connectivity index (χ2v) is 21.0. The van der Waals surface area contributed by atoms with E-state index < -0.39 is 96.7 Å². The Bertz CT molecular complexity index is 1570. The average molecular weight is 813 g/mol. The quantitative estimate of drug-likeness (QED) is 0.0763. The predicted molar refractivity (Wildman–Crippen MR) is 200 cm³/mol. The molecule has 0 amide bonds. The van der Waals surface area contributed by atoms with Crippen LogP contribution in [0.3, 0.4) is 0 Å². The minimum atomic E-state index is -2.92. The highest BCUT2D eigenvalue weighted by molar-refractivity contribution is 5.76. The lowest BCUT2D eigenvalue weighted by atomic mass is 9.33. The second kappa shape index (κ2) is 14.4. The lowest BCUT2D eigenvalue weighted by molar-refractivity contribution is -0.467. The molecule has 326 valence electrons. The third-order valence-electron chi connectivity index (χ3n) is 17.4. The zero-order valence-corrected chi connectivity index (χ0v) is 34.5. The molecule has 7 aliphatic rings. The summed E-state index contributed by atoms with van der Waals surface area (Å²) >= 11 is 0. The molecule has 10 N–H and O–H groups in total. The average Bonchev–Trinajstić information content (AvgIpc) is 3.13. The van der Waals surface area contributed by atoms with E-state index in [1.807, 2.05) is 0 Å². The Labute approximate surface area is 335 Å². The van der Waals surface area contributed by atoms with E-state index in [1.54, 1.807) is 0 Å². The highest BCUT2D eigenvalue weighted by Crippen LogP contribution is 2.76. The van der Waals surface area contributed by atoms with Crippen LogP contribution >= 0.6 is 0 Å². The third-order valence-corrected chi connectivity index (χ3v) is 17.4. The Morgan fingerprint density at radius 1 is 0.807 bits per heavy atom. The first-order chi connectivity index (χ1) is 26.4. The van der Waals surface area contributed by atoms with Crippen molar-refractivity contribution >= 4 is 5.97 Å². The molecule has 15 nitrogen and oxygen atoms in total. The van der Waals surface area contributed by atoms with E-state index in [4.69, 9.17) is 18.9 Å². The van der Waals surface area contributed by atoms with Gasteiger partial charge in [0.1, 0.15) is 36.6 Å². The number of rotatable bonds is 6. The van der Waals surface area contributed by atoms with Crippen molar-refractivity contribution in [1.82, 2.24) is 0 Å². The number of aliphatic hydroxyl groups is 10. The Morgan fingerprint density at radius 2 is 1.49 bits per heavy atom. The van der Waals surface area contributed by atoms with E-state index in [0.717, 1.165) is 38.5 Å². The molecule has 2 aliphatic heterocycles. The van der Waals surface area contributed by atoms with Gasteiger partial charge in [0.05, 0.1) is 25.4 Å². The van der Waals surface area contributed by atoms with Gasteiger partial charge in [0.2, 0.25) is 6.10 Å². The molecule has 0 radical (unpaired) electrons. The van der Waals surface area contributed by atoms with Crippen molar-refractivity contribution in [2.75, 3.05) is 13.2 Å². The maximum Gasteiger partial charge on any atom is 0.338 e. The molecule has 57 heavy (non-hydrogen) atoms. The summed E-state index contributed by atoms with van der Waals surface area (Å²) in [6.07, 6.45) is -9.78. The first-order valence-corrected chi connectivity index (χ1v) is 21.0. The molecule has 0 aromatic carbocycles. The summed E-state index contributed by atoms with van der Waals surface area (Å²) in [5.41, 5.74) is -0.372. The van der Waals surface area contributed by atoms with Crippen LogP contribution in [-0.4, -0.2) is 144 Å². The van der Waals surface area contributed by atoms with Gasteiger partial charge in [0.15, 0.2) is 12.4 Å². The van der Waals surface area contributed by atoms with E-state index in [0.29, 0.717) is 19.3 Å². The summed E-state index contributed by atoms with van der Waals surface area (Å²) in [6, 6.07) is 0. The number of ether oxygens (including phenoxy) is 4. The predicted octanol–water partition coefficient (Wildman–Crippen LogP) is 0.607. The number of esters is 1. The molecule has 4 saturated carbocycles.